The molecule has 0 aliphatic carbocycles. The van der Waals surface area contributed by atoms with Gasteiger partial charge in [-0.05, 0) is 44.3 Å². The molecule has 1 nitrogen and oxygen atoms in total. The molecule has 0 saturated carbocycles. The Labute approximate surface area is 107 Å². The second kappa shape index (κ2) is 7.50. The molecule has 1 aromatic carbocycles. The van der Waals surface area contributed by atoms with Crippen molar-refractivity contribution in [2.24, 2.45) is 11.8 Å². The summed E-state index contributed by atoms with van der Waals surface area (Å²) in [4.78, 5) is 0. The summed E-state index contributed by atoms with van der Waals surface area (Å²) in [6.07, 6.45) is 3.82. The highest BCUT2D eigenvalue weighted by atomic mass is 14.8. The second-order valence-corrected chi connectivity index (χ2v) is 5.28. The number of benzene rings is 1. The van der Waals surface area contributed by atoms with E-state index < -0.39 is 0 Å². The van der Waals surface area contributed by atoms with Gasteiger partial charge in [0.05, 0.1) is 0 Å². The van der Waals surface area contributed by atoms with Crippen molar-refractivity contribution in [3.8, 4) is 0 Å². The number of rotatable bonds is 7. The Kier molecular flexibility index (Phi) is 6.28. The number of aryl methyl sites for hydroxylation is 1. The van der Waals surface area contributed by atoms with Crippen LogP contribution in [0.4, 0.5) is 0 Å². The molecule has 17 heavy (non-hydrogen) atoms. The molecule has 0 bridgehead atoms. The molecule has 0 spiro atoms. The largest absolute Gasteiger partial charge is 0.319 e. The van der Waals surface area contributed by atoms with Crippen molar-refractivity contribution in [1.29, 1.82) is 0 Å². The SMILES string of the molecule is CCCC(C)C(CNC)Cc1cccc(C)c1. The molecule has 0 aliphatic rings. The minimum Gasteiger partial charge on any atom is -0.319 e. The van der Waals surface area contributed by atoms with Crippen molar-refractivity contribution in [3.63, 3.8) is 0 Å². The third-order valence-corrected chi connectivity index (χ3v) is 3.60. The van der Waals surface area contributed by atoms with Crippen molar-refractivity contribution < 1.29 is 0 Å². The zero-order chi connectivity index (χ0) is 12.7. The molecule has 0 amide bonds. The fourth-order valence-corrected chi connectivity index (χ4v) is 2.57. The lowest BCUT2D eigenvalue weighted by Gasteiger charge is -2.23. The number of nitrogens with one attached hydrogen (secondary N) is 1. The average Bonchev–Trinajstić information content (AvgIpc) is 2.29. The van der Waals surface area contributed by atoms with E-state index in [1.165, 1.54) is 30.4 Å². The summed E-state index contributed by atoms with van der Waals surface area (Å²) in [5, 5.41) is 3.34. The van der Waals surface area contributed by atoms with Gasteiger partial charge in [-0.2, -0.15) is 0 Å². The van der Waals surface area contributed by atoms with Crippen molar-refractivity contribution in [1.82, 2.24) is 5.32 Å². The minimum atomic E-state index is 0.752. The summed E-state index contributed by atoms with van der Waals surface area (Å²) in [6.45, 7) is 7.96. The molecule has 0 fully saturated rings. The maximum absolute atomic E-state index is 3.34. The van der Waals surface area contributed by atoms with Gasteiger partial charge in [-0.25, -0.2) is 0 Å². The van der Waals surface area contributed by atoms with Crippen LogP contribution in [-0.2, 0) is 6.42 Å². The smallest absolute Gasteiger partial charge is 0.00178 e. The predicted octanol–water partition coefficient (Wildman–Crippen LogP) is 3.81. The van der Waals surface area contributed by atoms with Crippen molar-refractivity contribution in [3.05, 3.63) is 35.4 Å². The van der Waals surface area contributed by atoms with Gasteiger partial charge in [0.1, 0.15) is 0 Å². The predicted molar refractivity (Wildman–Crippen MR) is 76.4 cm³/mol. The van der Waals surface area contributed by atoms with E-state index in [1.54, 1.807) is 0 Å². The standard InChI is InChI=1S/C16H27N/c1-5-7-14(3)16(12-17-4)11-15-9-6-8-13(2)10-15/h6,8-10,14,16-17H,5,7,11-12H2,1-4H3. The van der Waals surface area contributed by atoms with E-state index in [9.17, 15) is 0 Å². The van der Waals surface area contributed by atoms with Crippen LogP contribution in [0.2, 0.25) is 0 Å². The van der Waals surface area contributed by atoms with Gasteiger partial charge in [-0.1, -0.05) is 56.5 Å². The van der Waals surface area contributed by atoms with Crippen LogP contribution in [0.15, 0.2) is 24.3 Å². The fourth-order valence-electron chi connectivity index (χ4n) is 2.57. The summed E-state index contributed by atoms with van der Waals surface area (Å²) < 4.78 is 0. The van der Waals surface area contributed by atoms with Gasteiger partial charge >= 0.3 is 0 Å². The maximum Gasteiger partial charge on any atom is -0.00178 e. The molecule has 1 rings (SSSR count). The molecular formula is C16H27N. The van der Waals surface area contributed by atoms with Crippen LogP contribution in [0.25, 0.3) is 0 Å². The maximum atomic E-state index is 3.34. The first kappa shape index (κ1) is 14.2. The summed E-state index contributed by atoms with van der Waals surface area (Å²) in [7, 11) is 2.06. The molecule has 0 radical (unpaired) electrons. The molecule has 1 N–H and O–H groups in total. The summed E-state index contributed by atoms with van der Waals surface area (Å²) in [5.41, 5.74) is 2.85. The highest BCUT2D eigenvalue weighted by molar-refractivity contribution is 5.22. The Balaban J connectivity index is 2.65. The van der Waals surface area contributed by atoms with E-state index in [2.05, 4.69) is 57.4 Å². The Morgan fingerprint density at radius 3 is 2.65 bits per heavy atom. The number of hydrogen-bond donors (Lipinski definition) is 1. The Morgan fingerprint density at radius 2 is 2.06 bits per heavy atom. The van der Waals surface area contributed by atoms with Crippen LogP contribution < -0.4 is 5.32 Å². The zero-order valence-corrected chi connectivity index (χ0v) is 11.8. The monoisotopic (exact) mass is 233 g/mol. The van der Waals surface area contributed by atoms with Gasteiger partial charge in [-0.15, -0.1) is 0 Å². The minimum absolute atomic E-state index is 0.752. The number of hydrogen-bond acceptors (Lipinski definition) is 1. The molecule has 2 unspecified atom stereocenters. The lowest BCUT2D eigenvalue weighted by atomic mass is 9.85. The molecule has 96 valence electrons. The van der Waals surface area contributed by atoms with E-state index in [1.807, 2.05) is 0 Å². The highest BCUT2D eigenvalue weighted by Gasteiger charge is 2.16. The lowest BCUT2D eigenvalue weighted by Crippen LogP contribution is -2.26. The van der Waals surface area contributed by atoms with Gasteiger partial charge in [0.2, 0.25) is 0 Å². The quantitative estimate of drug-likeness (QED) is 0.755. The zero-order valence-electron chi connectivity index (χ0n) is 11.8. The first-order valence-corrected chi connectivity index (χ1v) is 6.87. The first-order valence-electron chi connectivity index (χ1n) is 6.87. The lowest BCUT2D eigenvalue weighted by molar-refractivity contribution is 0.325. The molecular weight excluding hydrogens is 206 g/mol. The molecule has 0 aliphatic heterocycles. The molecule has 1 aromatic rings. The van der Waals surface area contributed by atoms with Crippen LogP contribution in [0.1, 0.15) is 37.8 Å². The molecule has 2 atom stereocenters. The summed E-state index contributed by atoms with van der Waals surface area (Å²) in [5.74, 6) is 1.55. The molecule has 0 heterocycles. The Morgan fingerprint density at radius 1 is 1.29 bits per heavy atom. The summed E-state index contributed by atoms with van der Waals surface area (Å²) >= 11 is 0. The first-order chi connectivity index (χ1) is 8.17. The van der Waals surface area contributed by atoms with E-state index in [4.69, 9.17) is 0 Å². The normalized spacial score (nSPS) is 14.6. The van der Waals surface area contributed by atoms with E-state index in [0.29, 0.717) is 0 Å². The van der Waals surface area contributed by atoms with Gasteiger partial charge in [0.15, 0.2) is 0 Å². The average molecular weight is 233 g/mol. The van der Waals surface area contributed by atoms with E-state index in [0.717, 1.165) is 18.4 Å². The molecule has 0 saturated heterocycles. The Hall–Kier alpha value is -0.820. The second-order valence-electron chi connectivity index (χ2n) is 5.28. The van der Waals surface area contributed by atoms with Gasteiger partial charge in [0, 0.05) is 0 Å². The van der Waals surface area contributed by atoms with Crippen LogP contribution in [-0.4, -0.2) is 13.6 Å². The topological polar surface area (TPSA) is 12.0 Å². The van der Waals surface area contributed by atoms with Gasteiger partial charge in [0.25, 0.3) is 0 Å². The third-order valence-electron chi connectivity index (χ3n) is 3.60. The van der Waals surface area contributed by atoms with Crippen LogP contribution in [0.5, 0.6) is 0 Å². The molecule has 1 heteroatoms. The van der Waals surface area contributed by atoms with E-state index >= 15 is 0 Å². The summed E-state index contributed by atoms with van der Waals surface area (Å²) in [6, 6.07) is 8.92. The van der Waals surface area contributed by atoms with Crippen molar-refractivity contribution in [2.75, 3.05) is 13.6 Å². The highest BCUT2D eigenvalue weighted by Crippen LogP contribution is 2.21. The molecule has 0 aromatic heterocycles. The van der Waals surface area contributed by atoms with Crippen LogP contribution in [0, 0.1) is 18.8 Å². The van der Waals surface area contributed by atoms with Crippen LogP contribution in [0.3, 0.4) is 0 Å². The van der Waals surface area contributed by atoms with Gasteiger partial charge < -0.3 is 5.32 Å². The van der Waals surface area contributed by atoms with Crippen LogP contribution >= 0.6 is 0 Å². The Bertz CT molecular complexity index is 319. The van der Waals surface area contributed by atoms with E-state index in [-0.39, 0.29) is 0 Å². The van der Waals surface area contributed by atoms with Crippen molar-refractivity contribution >= 4 is 0 Å². The van der Waals surface area contributed by atoms with Gasteiger partial charge in [-0.3, -0.25) is 0 Å². The fraction of sp³-hybridized carbons (Fsp3) is 0.625. The van der Waals surface area contributed by atoms with Crippen molar-refractivity contribution in [2.45, 2.75) is 40.0 Å². The third kappa shape index (κ3) is 4.91.